The summed E-state index contributed by atoms with van der Waals surface area (Å²) in [6.45, 7) is 2.27. The molecule has 1 aromatic carbocycles. The van der Waals surface area contributed by atoms with Crippen molar-refractivity contribution in [1.29, 1.82) is 0 Å². The molecule has 0 saturated heterocycles. The molecule has 0 spiro atoms. The van der Waals surface area contributed by atoms with E-state index < -0.39 is 0 Å². The Morgan fingerprint density at radius 2 is 1.83 bits per heavy atom. The van der Waals surface area contributed by atoms with Crippen LogP contribution in [0.5, 0.6) is 5.75 Å². The quantitative estimate of drug-likeness (QED) is 0.827. The third-order valence-electron chi connectivity index (χ3n) is 4.30. The Labute approximate surface area is 110 Å². The van der Waals surface area contributed by atoms with Crippen molar-refractivity contribution in [3.05, 3.63) is 29.8 Å². The summed E-state index contributed by atoms with van der Waals surface area (Å²) in [4.78, 5) is 0. The minimum absolute atomic E-state index is 0.422. The highest BCUT2D eigenvalue weighted by Gasteiger charge is 2.41. The largest absolute Gasteiger partial charge is 0.497 e. The molecular formula is C16H23NO. The Morgan fingerprint density at radius 1 is 1.17 bits per heavy atom. The minimum Gasteiger partial charge on any atom is -0.497 e. The normalized spacial score (nSPS) is 21.1. The zero-order valence-electron chi connectivity index (χ0n) is 11.4. The fourth-order valence-corrected chi connectivity index (χ4v) is 2.86. The second kappa shape index (κ2) is 4.93. The predicted molar refractivity (Wildman–Crippen MR) is 73.8 cm³/mol. The highest BCUT2D eigenvalue weighted by molar-refractivity contribution is 5.30. The molecule has 18 heavy (non-hydrogen) atoms. The molecule has 0 aliphatic heterocycles. The maximum atomic E-state index is 5.30. The lowest BCUT2D eigenvalue weighted by Crippen LogP contribution is -2.35. The number of hydrogen-bond acceptors (Lipinski definition) is 2. The lowest BCUT2D eigenvalue weighted by Gasteiger charge is -2.23. The molecule has 2 heteroatoms. The lowest BCUT2D eigenvalue weighted by molar-refractivity contribution is 0.375. The van der Waals surface area contributed by atoms with Gasteiger partial charge < -0.3 is 10.1 Å². The molecule has 3 rings (SSSR count). The third-order valence-corrected chi connectivity index (χ3v) is 4.30. The molecule has 2 aliphatic carbocycles. The van der Waals surface area contributed by atoms with Gasteiger partial charge in [-0.15, -0.1) is 0 Å². The molecule has 0 bridgehead atoms. The molecule has 0 radical (unpaired) electrons. The van der Waals surface area contributed by atoms with Gasteiger partial charge in [0.1, 0.15) is 5.75 Å². The number of rotatable bonds is 6. The van der Waals surface area contributed by atoms with Crippen molar-refractivity contribution in [2.45, 2.75) is 44.7 Å². The maximum absolute atomic E-state index is 5.30. The third kappa shape index (κ3) is 2.69. The number of hydrogen-bond donors (Lipinski definition) is 1. The van der Waals surface area contributed by atoms with E-state index in [1.807, 2.05) is 6.07 Å². The molecule has 2 fully saturated rings. The van der Waals surface area contributed by atoms with E-state index >= 15 is 0 Å². The van der Waals surface area contributed by atoms with Crippen molar-refractivity contribution in [2.75, 3.05) is 7.11 Å². The van der Waals surface area contributed by atoms with E-state index in [4.69, 9.17) is 4.74 Å². The Balaban J connectivity index is 1.66. The summed E-state index contributed by atoms with van der Waals surface area (Å²) in [7, 11) is 1.73. The van der Waals surface area contributed by atoms with Gasteiger partial charge in [0.25, 0.3) is 0 Å². The molecule has 1 atom stereocenters. The van der Waals surface area contributed by atoms with Gasteiger partial charge >= 0.3 is 0 Å². The molecule has 2 aliphatic rings. The van der Waals surface area contributed by atoms with Crippen molar-refractivity contribution < 1.29 is 4.74 Å². The van der Waals surface area contributed by atoms with E-state index in [9.17, 15) is 0 Å². The number of benzene rings is 1. The highest BCUT2D eigenvalue weighted by atomic mass is 16.5. The average molecular weight is 245 g/mol. The second-order valence-corrected chi connectivity index (χ2v) is 5.87. The Bertz CT molecular complexity index is 397. The van der Waals surface area contributed by atoms with Gasteiger partial charge in [0.2, 0.25) is 0 Å². The first-order valence-corrected chi connectivity index (χ1v) is 7.18. The number of nitrogens with one attached hydrogen (secondary N) is 1. The van der Waals surface area contributed by atoms with Crippen LogP contribution in [0.2, 0.25) is 0 Å². The van der Waals surface area contributed by atoms with Crippen LogP contribution in [-0.2, 0) is 0 Å². The van der Waals surface area contributed by atoms with E-state index in [1.165, 1.54) is 31.2 Å². The monoisotopic (exact) mass is 245 g/mol. The average Bonchev–Trinajstić information content (AvgIpc) is 3.29. The standard InChI is InChI=1S/C16H23NO/c1-11(14-4-3-5-15(10-14)18-2)17-16(12-6-7-12)13-8-9-13/h3-5,10-13,16-17H,6-9H2,1-2H3/t11-/m0/s1. The van der Waals surface area contributed by atoms with Crippen LogP contribution in [0, 0.1) is 11.8 Å². The minimum atomic E-state index is 0.422. The summed E-state index contributed by atoms with van der Waals surface area (Å²) in [5, 5.41) is 3.85. The van der Waals surface area contributed by atoms with Crippen molar-refractivity contribution in [2.24, 2.45) is 11.8 Å². The molecular weight excluding hydrogens is 222 g/mol. The van der Waals surface area contributed by atoms with Crippen molar-refractivity contribution >= 4 is 0 Å². The summed E-state index contributed by atoms with van der Waals surface area (Å²) in [5.74, 6) is 2.85. The zero-order chi connectivity index (χ0) is 12.5. The first kappa shape index (κ1) is 12.0. The van der Waals surface area contributed by atoms with Gasteiger partial charge in [0.15, 0.2) is 0 Å². The maximum Gasteiger partial charge on any atom is 0.119 e. The topological polar surface area (TPSA) is 21.3 Å². The van der Waals surface area contributed by atoms with Crippen LogP contribution < -0.4 is 10.1 Å². The second-order valence-electron chi connectivity index (χ2n) is 5.87. The smallest absolute Gasteiger partial charge is 0.119 e. The molecule has 0 amide bonds. The van der Waals surface area contributed by atoms with Crippen LogP contribution >= 0.6 is 0 Å². The Hall–Kier alpha value is -1.02. The summed E-state index contributed by atoms with van der Waals surface area (Å²) in [6.07, 6.45) is 5.72. The van der Waals surface area contributed by atoms with E-state index in [-0.39, 0.29) is 0 Å². The van der Waals surface area contributed by atoms with Crippen molar-refractivity contribution in [3.8, 4) is 5.75 Å². The fourth-order valence-electron chi connectivity index (χ4n) is 2.86. The van der Waals surface area contributed by atoms with E-state index in [2.05, 4.69) is 30.4 Å². The first-order chi connectivity index (χ1) is 8.78. The highest BCUT2D eigenvalue weighted by Crippen LogP contribution is 2.45. The van der Waals surface area contributed by atoms with Crippen LogP contribution in [0.3, 0.4) is 0 Å². The van der Waals surface area contributed by atoms with Gasteiger partial charge in [-0.2, -0.15) is 0 Å². The van der Waals surface area contributed by atoms with Crippen LogP contribution in [-0.4, -0.2) is 13.2 Å². The lowest BCUT2D eigenvalue weighted by atomic mass is 10.0. The summed E-state index contributed by atoms with van der Waals surface area (Å²) < 4.78 is 5.30. The molecule has 2 saturated carbocycles. The Kier molecular flexibility index (Phi) is 3.29. The first-order valence-electron chi connectivity index (χ1n) is 7.18. The predicted octanol–water partition coefficient (Wildman–Crippen LogP) is 3.53. The molecule has 0 aromatic heterocycles. The molecule has 2 nitrogen and oxygen atoms in total. The van der Waals surface area contributed by atoms with E-state index in [1.54, 1.807) is 7.11 Å². The van der Waals surface area contributed by atoms with Crippen molar-refractivity contribution in [1.82, 2.24) is 5.32 Å². The van der Waals surface area contributed by atoms with Gasteiger partial charge in [0, 0.05) is 12.1 Å². The number of methoxy groups -OCH3 is 1. The number of ether oxygens (including phenoxy) is 1. The Morgan fingerprint density at radius 3 is 2.39 bits per heavy atom. The molecule has 1 N–H and O–H groups in total. The summed E-state index contributed by atoms with van der Waals surface area (Å²) in [5.41, 5.74) is 1.33. The van der Waals surface area contributed by atoms with Crippen LogP contribution in [0.15, 0.2) is 24.3 Å². The zero-order valence-corrected chi connectivity index (χ0v) is 11.4. The fraction of sp³-hybridized carbons (Fsp3) is 0.625. The van der Waals surface area contributed by atoms with Gasteiger partial charge in [-0.1, -0.05) is 12.1 Å². The van der Waals surface area contributed by atoms with Crippen LogP contribution in [0.4, 0.5) is 0 Å². The van der Waals surface area contributed by atoms with Crippen LogP contribution in [0.1, 0.15) is 44.2 Å². The molecule has 0 heterocycles. The van der Waals surface area contributed by atoms with Gasteiger partial charge in [-0.3, -0.25) is 0 Å². The van der Waals surface area contributed by atoms with E-state index in [0.717, 1.165) is 23.6 Å². The molecule has 1 aromatic rings. The molecule has 0 unspecified atom stereocenters. The van der Waals surface area contributed by atoms with E-state index in [0.29, 0.717) is 6.04 Å². The SMILES string of the molecule is COc1cccc([C@H](C)NC(C2CC2)C2CC2)c1. The summed E-state index contributed by atoms with van der Waals surface area (Å²) >= 11 is 0. The van der Waals surface area contributed by atoms with Crippen LogP contribution in [0.25, 0.3) is 0 Å². The summed E-state index contributed by atoms with van der Waals surface area (Å²) in [6, 6.07) is 9.61. The van der Waals surface area contributed by atoms with Gasteiger partial charge in [-0.25, -0.2) is 0 Å². The van der Waals surface area contributed by atoms with Crippen molar-refractivity contribution in [3.63, 3.8) is 0 Å². The van der Waals surface area contributed by atoms with Gasteiger partial charge in [0.05, 0.1) is 7.11 Å². The van der Waals surface area contributed by atoms with Gasteiger partial charge in [-0.05, 0) is 62.1 Å². The molecule has 98 valence electrons.